The van der Waals surface area contributed by atoms with E-state index < -0.39 is 17.7 Å². The zero-order chi connectivity index (χ0) is 22.8. The quantitative estimate of drug-likeness (QED) is 0.488. The number of aryl methyl sites for hydroxylation is 2. The molecule has 0 bridgehead atoms. The molecule has 3 aromatic rings. The summed E-state index contributed by atoms with van der Waals surface area (Å²) >= 11 is 0. The molecule has 0 saturated carbocycles. The van der Waals surface area contributed by atoms with Crippen LogP contribution in [0.1, 0.15) is 58.5 Å². The van der Waals surface area contributed by atoms with Crippen molar-refractivity contribution in [2.75, 3.05) is 0 Å². The lowest BCUT2D eigenvalue weighted by molar-refractivity contribution is -0.137. The normalized spacial score (nSPS) is 12.6. The molecule has 0 unspecified atom stereocenters. The van der Waals surface area contributed by atoms with Crippen LogP contribution in [0.25, 0.3) is 5.69 Å². The molecule has 0 aliphatic rings. The Balaban J connectivity index is 1.88. The van der Waals surface area contributed by atoms with Crippen molar-refractivity contribution in [2.45, 2.75) is 45.9 Å². The molecule has 31 heavy (non-hydrogen) atoms. The number of benzene rings is 2. The summed E-state index contributed by atoms with van der Waals surface area (Å²) in [7, 11) is 0. The molecule has 1 aromatic heterocycles. The molecule has 0 saturated heterocycles. The molecule has 0 spiro atoms. The third-order valence-electron chi connectivity index (χ3n) is 4.96. The lowest BCUT2D eigenvalue weighted by Crippen LogP contribution is -2.09. The second-order valence-corrected chi connectivity index (χ2v) is 7.40. The summed E-state index contributed by atoms with van der Waals surface area (Å²) in [5.41, 5.74) is 2.27. The molecule has 1 N–H and O–H groups in total. The predicted molar refractivity (Wildman–Crippen MR) is 110 cm³/mol. The fraction of sp³-hybridized carbons (Fsp3) is 0.304. The molecule has 0 radical (unpaired) electrons. The van der Waals surface area contributed by atoms with E-state index in [0.29, 0.717) is 11.4 Å². The highest BCUT2D eigenvalue weighted by molar-refractivity contribution is 5.87. The number of aromatic nitrogens is 2. The molecular formula is C23H23F3N2O3. The third kappa shape index (κ3) is 5.07. The van der Waals surface area contributed by atoms with Gasteiger partial charge >= 0.3 is 12.1 Å². The first-order chi connectivity index (χ1) is 14.6. The van der Waals surface area contributed by atoms with Gasteiger partial charge in [0.25, 0.3) is 0 Å². The van der Waals surface area contributed by atoms with Crippen LogP contribution in [0, 0.1) is 13.8 Å². The molecule has 0 aliphatic heterocycles. The van der Waals surface area contributed by atoms with Gasteiger partial charge in [0.2, 0.25) is 0 Å². The number of carboxylic acid groups (broad SMARTS) is 1. The summed E-state index contributed by atoms with van der Waals surface area (Å²) in [6.07, 6.45) is -1.37. The maximum atomic E-state index is 12.9. The van der Waals surface area contributed by atoms with Crippen LogP contribution in [0.2, 0.25) is 0 Å². The van der Waals surface area contributed by atoms with E-state index in [2.05, 4.69) is 5.10 Å². The predicted octanol–water partition coefficient (Wildman–Crippen LogP) is 6.13. The van der Waals surface area contributed by atoms with Crippen LogP contribution < -0.4 is 4.74 Å². The Morgan fingerprint density at radius 2 is 1.77 bits per heavy atom. The summed E-state index contributed by atoms with van der Waals surface area (Å²) in [6, 6.07) is 10.1. The van der Waals surface area contributed by atoms with Gasteiger partial charge in [0.05, 0.1) is 23.0 Å². The van der Waals surface area contributed by atoms with Gasteiger partial charge in [0.1, 0.15) is 11.9 Å². The number of carboxylic acids is 1. The van der Waals surface area contributed by atoms with Gasteiger partial charge in [0, 0.05) is 6.20 Å². The molecule has 0 aliphatic carbocycles. The smallest absolute Gasteiger partial charge is 0.419 e. The minimum atomic E-state index is -4.45. The van der Waals surface area contributed by atoms with Gasteiger partial charge in [-0.1, -0.05) is 25.5 Å². The first kappa shape index (κ1) is 22.4. The standard InChI is InChI=1S/C23H23F3N2O3/c1-4-5-20(16-6-8-17(9-7-16)22(29)30)31-19-10-14(2)21(15(3)11-19)28-13-18(12-27-28)23(24,25)26/h6-13,20H,4-5H2,1-3H3,(H,29,30)/t20-/m0/s1. The minimum Gasteiger partial charge on any atom is -0.486 e. The van der Waals surface area contributed by atoms with Gasteiger partial charge < -0.3 is 9.84 Å². The molecule has 3 rings (SSSR count). The molecule has 8 heteroatoms. The Morgan fingerprint density at radius 1 is 1.16 bits per heavy atom. The number of carbonyl (C=O) groups is 1. The van der Waals surface area contributed by atoms with E-state index in [-0.39, 0.29) is 11.7 Å². The van der Waals surface area contributed by atoms with Crippen molar-refractivity contribution in [1.82, 2.24) is 9.78 Å². The Labute approximate surface area is 178 Å². The van der Waals surface area contributed by atoms with E-state index in [4.69, 9.17) is 9.84 Å². The van der Waals surface area contributed by atoms with Crippen LogP contribution in [0.15, 0.2) is 48.8 Å². The molecule has 2 aromatic carbocycles. The number of hydrogen-bond donors (Lipinski definition) is 1. The first-order valence-electron chi connectivity index (χ1n) is 9.83. The average Bonchev–Trinajstić information content (AvgIpc) is 3.17. The van der Waals surface area contributed by atoms with Crippen molar-refractivity contribution >= 4 is 5.97 Å². The van der Waals surface area contributed by atoms with Crippen molar-refractivity contribution in [1.29, 1.82) is 0 Å². The van der Waals surface area contributed by atoms with Gasteiger partial charge in [-0.15, -0.1) is 0 Å². The number of hydrogen-bond acceptors (Lipinski definition) is 3. The molecule has 1 heterocycles. The first-order valence-corrected chi connectivity index (χ1v) is 9.83. The summed E-state index contributed by atoms with van der Waals surface area (Å²) in [6.45, 7) is 5.61. The van der Waals surface area contributed by atoms with Gasteiger partial charge in [-0.25, -0.2) is 9.48 Å². The maximum absolute atomic E-state index is 12.9. The molecule has 5 nitrogen and oxygen atoms in total. The number of alkyl halides is 3. The molecule has 0 amide bonds. The Morgan fingerprint density at radius 3 is 2.26 bits per heavy atom. The summed E-state index contributed by atoms with van der Waals surface area (Å²) in [4.78, 5) is 11.1. The van der Waals surface area contributed by atoms with E-state index in [1.807, 2.05) is 6.92 Å². The molecule has 164 valence electrons. The summed E-state index contributed by atoms with van der Waals surface area (Å²) < 4.78 is 46.2. The number of halogens is 3. The second-order valence-electron chi connectivity index (χ2n) is 7.40. The fourth-order valence-corrected chi connectivity index (χ4v) is 3.50. The number of aromatic carboxylic acids is 1. The third-order valence-corrected chi connectivity index (χ3v) is 4.96. The van der Waals surface area contributed by atoms with Gasteiger partial charge in [-0.05, 0) is 61.2 Å². The lowest BCUT2D eigenvalue weighted by Gasteiger charge is -2.21. The van der Waals surface area contributed by atoms with Crippen molar-refractivity contribution in [3.05, 3.63) is 76.6 Å². The SMILES string of the molecule is CCC[C@H](Oc1cc(C)c(-n2cc(C(F)(F)F)cn2)c(C)c1)c1ccc(C(=O)O)cc1. The molecular weight excluding hydrogens is 409 g/mol. The van der Waals surface area contributed by atoms with E-state index in [1.165, 1.54) is 4.68 Å². The summed E-state index contributed by atoms with van der Waals surface area (Å²) in [5, 5.41) is 13.0. The highest BCUT2D eigenvalue weighted by Crippen LogP contribution is 2.33. The zero-order valence-corrected chi connectivity index (χ0v) is 17.4. The highest BCUT2D eigenvalue weighted by Gasteiger charge is 2.32. The van der Waals surface area contributed by atoms with Crippen LogP contribution in [0.5, 0.6) is 5.75 Å². The van der Waals surface area contributed by atoms with Crippen LogP contribution in [-0.2, 0) is 6.18 Å². The monoisotopic (exact) mass is 432 g/mol. The largest absolute Gasteiger partial charge is 0.486 e. The second kappa shape index (κ2) is 8.83. The van der Waals surface area contributed by atoms with Gasteiger partial charge in [0.15, 0.2) is 0 Å². The van der Waals surface area contributed by atoms with E-state index in [1.54, 1.807) is 50.2 Å². The Kier molecular flexibility index (Phi) is 6.38. The van der Waals surface area contributed by atoms with E-state index in [9.17, 15) is 18.0 Å². The number of rotatable bonds is 7. The van der Waals surface area contributed by atoms with Crippen molar-refractivity contribution < 1.29 is 27.8 Å². The maximum Gasteiger partial charge on any atom is 0.419 e. The highest BCUT2D eigenvalue weighted by atomic mass is 19.4. The van der Waals surface area contributed by atoms with Crippen molar-refractivity contribution in [3.63, 3.8) is 0 Å². The Hall–Kier alpha value is -3.29. The van der Waals surface area contributed by atoms with Crippen molar-refractivity contribution in [3.8, 4) is 11.4 Å². The summed E-state index contributed by atoms with van der Waals surface area (Å²) in [5.74, 6) is -0.406. The van der Waals surface area contributed by atoms with Crippen LogP contribution in [0.3, 0.4) is 0 Å². The van der Waals surface area contributed by atoms with E-state index in [0.717, 1.165) is 41.9 Å². The number of ether oxygens (including phenoxy) is 1. The van der Waals surface area contributed by atoms with Crippen LogP contribution >= 0.6 is 0 Å². The van der Waals surface area contributed by atoms with Gasteiger partial charge in [-0.2, -0.15) is 18.3 Å². The fourth-order valence-electron chi connectivity index (χ4n) is 3.50. The Bertz CT molecular complexity index is 1050. The average molecular weight is 432 g/mol. The topological polar surface area (TPSA) is 64.4 Å². The lowest BCUT2D eigenvalue weighted by atomic mass is 10.0. The molecule has 1 atom stereocenters. The van der Waals surface area contributed by atoms with E-state index >= 15 is 0 Å². The zero-order valence-electron chi connectivity index (χ0n) is 17.4. The van der Waals surface area contributed by atoms with Crippen LogP contribution in [-0.4, -0.2) is 20.9 Å². The van der Waals surface area contributed by atoms with Crippen molar-refractivity contribution in [2.24, 2.45) is 0 Å². The van der Waals surface area contributed by atoms with Gasteiger partial charge in [-0.3, -0.25) is 0 Å². The number of nitrogens with zero attached hydrogens (tertiary/aromatic N) is 2. The molecule has 0 fully saturated rings. The van der Waals surface area contributed by atoms with Crippen LogP contribution in [0.4, 0.5) is 13.2 Å². The minimum absolute atomic E-state index is 0.201.